The monoisotopic (exact) mass is 478 g/mol. The fourth-order valence-electron chi connectivity index (χ4n) is 4.04. The fourth-order valence-corrected chi connectivity index (χ4v) is 6.06. The number of nitrogens with one attached hydrogen (secondary N) is 1. The Balaban J connectivity index is 1.84. The minimum atomic E-state index is -3.76. The molecule has 1 N–H and O–H groups in total. The van der Waals surface area contributed by atoms with Crippen molar-refractivity contribution in [3.8, 4) is 5.75 Å². The summed E-state index contributed by atoms with van der Waals surface area (Å²) in [6, 6.07) is 10.0. The molecule has 1 amide bonds. The largest absolute Gasteiger partial charge is 0.496 e. The maximum atomic E-state index is 13.2. The van der Waals surface area contributed by atoms with Crippen molar-refractivity contribution in [2.45, 2.75) is 56.9 Å². The van der Waals surface area contributed by atoms with E-state index in [2.05, 4.69) is 5.32 Å². The highest BCUT2D eigenvalue weighted by Gasteiger charge is 2.28. The van der Waals surface area contributed by atoms with Gasteiger partial charge in [0.1, 0.15) is 10.6 Å². The average Bonchev–Trinajstić information content (AvgIpc) is 3.07. The van der Waals surface area contributed by atoms with Gasteiger partial charge in [-0.3, -0.25) is 4.79 Å². The van der Waals surface area contributed by atoms with Crippen LogP contribution < -0.4 is 10.1 Å². The Morgan fingerprint density at radius 3 is 2.41 bits per heavy atom. The molecule has 3 rings (SSSR count). The molecule has 1 aliphatic rings. The van der Waals surface area contributed by atoms with Crippen LogP contribution in [0.25, 0.3) is 0 Å². The third kappa shape index (κ3) is 5.45. The normalized spacial score (nSPS) is 16.2. The average molecular weight is 479 g/mol. The summed E-state index contributed by atoms with van der Waals surface area (Å²) in [5, 5.41) is 3.15. The van der Waals surface area contributed by atoms with E-state index in [1.807, 2.05) is 32.0 Å². The Morgan fingerprint density at radius 1 is 1.12 bits per heavy atom. The first-order valence-electron chi connectivity index (χ1n) is 11.0. The topological polar surface area (TPSA) is 75.7 Å². The summed E-state index contributed by atoms with van der Waals surface area (Å²) in [6.45, 7) is 4.89. The van der Waals surface area contributed by atoms with Crippen LogP contribution in [0, 0.1) is 6.92 Å². The van der Waals surface area contributed by atoms with Gasteiger partial charge in [0, 0.05) is 18.7 Å². The van der Waals surface area contributed by atoms with Gasteiger partial charge in [-0.05, 0) is 61.6 Å². The van der Waals surface area contributed by atoms with Crippen molar-refractivity contribution >= 4 is 27.5 Å². The zero-order chi connectivity index (χ0) is 23.3. The maximum Gasteiger partial charge on any atom is 0.251 e. The van der Waals surface area contributed by atoms with Crippen LogP contribution in [0.4, 0.5) is 0 Å². The van der Waals surface area contributed by atoms with E-state index in [1.165, 1.54) is 16.4 Å². The molecule has 0 radical (unpaired) electrons. The van der Waals surface area contributed by atoms with Crippen molar-refractivity contribution in [2.24, 2.45) is 0 Å². The van der Waals surface area contributed by atoms with E-state index in [-0.39, 0.29) is 27.4 Å². The molecular formula is C24H31ClN2O4S. The first-order chi connectivity index (χ1) is 15.3. The van der Waals surface area contributed by atoms with Gasteiger partial charge in [0.05, 0.1) is 18.2 Å². The Hall–Kier alpha value is -2.09. The molecule has 1 fully saturated rings. The van der Waals surface area contributed by atoms with Crippen LogP contribution in [0.3, 0.4) is 0 Å². The van der Waals surface area contributed by atoms with Crippen molar-refractivity contribution < 1.29 is 17.9 Å². The number of hydrogen-bond acceptors (Lipinski definition) is 4. The minimum Gasteiger partial charge on any atom is -0.496 e. The number of hydrogen-bond donors (Lipinski definition) is 1. The van der Waals surface area contributed by atoms with Crippen LogP contribution in [-0.4, -0.2) is 38.8 Å². The minimum absolute atomic E-state index is 0.0120. The molecule has 1 atom stereocenters. The quantitative estimate of drug-likeness (QED) is 0.600. The number of carbonyl (C=O) groups excluding carboxylic acids is 1. The van der Waals surface area contributed by atoms with E-state index in [1.54, 1.807) is 13.2 Å². The zero-order valence-corrected chi connectivity index (χ0v) is 20.4. The maximum absolute atomic E-state index is 13.2. The first kappa shape index (κ1) is 24.6. The van der Waals surface area contributed by atoms with E-state index in [9.17, 15) is 13.2 Å². The van der Waals surface area contributed by atoms with Crippen molar-refractivity contribution in [2.75, 3.05) is 20.2 Å². The summed E-state index contributed by atoms with van der Waals surface area (Å²) < 4.78 is 33.3. The van der Waals surface area contributed by atoms with Crippen LogP contribution in [0.5, 0.6) is 5.75 Å². The lowest BCUT2D eigenvalue weighted by Crippen LogP contribution is -2.32. The molecule has 1 saturated heterocycles. The second-order valence-corrected chi connectivity index (χ2v) is 10.4. The number of amides is 1. The van der Waals surface area contributed by atoms with Crippen LogP contribution in [0.2, 0.25) is 5.02 Å². The molecule has 8 heteroatoms. The molecule has 0 aliphatic carbocycles. The van der Waals surface area contributed by atoms with Gasteiger partial charge in [-0.25, -0.2) is 8.42 Å². The Morgan fingerprint density at radius 2 is 1.81 bits per heavy atom. The molecule has 174 valence electrons. The van der Waals surface area contributed by atoms with Crippen LogP contribution >= 0.6 is 11.6 Å². The molecule has 1 aliphatic heterocycles. The van der Waals surface area contributed by atoms with Crippen molar-refractivity contribution in [1.29, 1.82) is 0 Å². The SMILES string of the molecule is CCC(NC(=O)c1ccc(Cl)c(S(=O)(=O)N2CCCCCC2)c1)c1ccc(OC)c(C)c1. The number of aryl methyl sites for hydroxylation is 1. The summed E-state index contributed by atoms with van der Waals surface area (Å²) in [5.74, 6) is 0.449. The number of carbonyl (C=O) groups is 1. The summed E-state index contributed by atoms with van der Waals surface area (Å²) in [4.78, 5) is 13.0. The molecule has 0 saturated carbocycles. The number of nitrogens with zero attached hydrogens (tertiary/aromatic N) is 1. The van der Waals surface area contributed by atoms with Gasteiger partial charge in [-0.2, -0.15) is 4.31 Å². The predicted octanol–water partition coefficient (Wildman–Crippen LogP) is 5.10. The first-order valence-corrected chi connectivity index (χ1v) is 12.8. The van der Waals surface area contributed by atoms with Crippen LogP contribution in [-0.2, 0) is 10.0 Å². The Bertz CT molecular complexity index is 1060. The molecular weight excluding hydrogens is 448 g/mol. The van der Waals surface area contributed by atoms with E-state index in [0.29, 0.717) is 19.5 Å². The lowest BCUT2D eigenvalue weighted by molar-refractivity contribution is 0.0935. The summed E-state index contributed by atoms with van der Waals surface area (Å²) in [7, 11) is -2.14. The molecule has 2 aromatic carbocycles. The smallest absolute Gasteiger partial charge is 0.251 e. The highest BCUT2D eigenvalue weighted by atomic mass is 35.5. The van der Waals surface area contributed by atoms with Gasteiger partial charge in [0.2, 0.25) is 10.0 Å². The third-order valence-corrected chi connectivity index (χ3v) is 8.29. The second kappa shape index (κ2) is 10.7. The van der Waals surface area contributed by atoms with E-state index < -0.39 is 10.0 Å². The summed E-state index contributed by atoms with van der Waals surface area (Å²) in [6.07, 6.45) is 4.38. The molecule has 2 aromatic rings. The van der Waals surface area contributed by atoms with E-state index in [0.717, 1.165) is 42.6 Å². The van der Waals surface area contributed by atoms with Gasteiger partial charge in [0.25, 0.3) is 5.91 Å². The standard InChI is InChI=1S/C24H31ClN2O4S/c1-4-21(18-10-12-22(31-3)17(2)15-18)26-24(28)19-9-11-20(25)23(16-19)32(29,30)27-13-7-5-6-8-14-27/h9-12,15-16,21H,4-8,13-14H2,1-3H3,(H,26,28). The number of rotatable bonds is 7. The van der Waals surface area contributed by atoms with Gasteiger partial charge in [0.15, 0.2) is 0 Å². The third-order valence-electron chi connectivity index (χ3n) is 5.91. The summed E-state index contributed by atoms with van der Waals surface area (Å²) in [5.41, 5.74) is 2.21. The van der Waals surface area contributed by atoms with Crippen LogP contribution in [0.1, 0.15) is 66.6 Å². The Labute approximate surface area is 196 Å². The van der Waals surface area contributed by atoms with Crippen LogP contribution in [0.15, 0.2) is 41.3 Å². The number of methoxy groups -OCH3 is 1. The number of benzene rings is 2. The number of halogens is 1. The fraction of sp³-hybridized carbons (Fsp3) is 0.458. The lowest BCUT2D eigenvalue weighted by atomic mass is 10.0. The number of sulfonamides is 1. The van der Waals surface area contributed by atoms with E-state index in [4.69, 9.17) is 16.3 Å². The molecule has 0 bridgehead atoms. The van der Waals surface area contributed by atoms with Crippen molar-refractivity contribution in [3.05, 3.63) is 58.1 Å². The van der Waals surface area contributed by atoms with E-state index >= 15 is 0 Å². The van der Waals surface area contributed by atoms with Gasteiger partial charge in [-0.1, -0.05) is 43.5 Å². The van der Waals surface area contributed by atoms with Gasteiger partial charge < -0.3 is 10.1 Å². The van der Waals surface area contributed by atoms with Crippen molar-refractivity contribution in [1.82, 2.24) is 9.62 Å². The Kier molecular flexibility index (Phi) is 8.20. The summed E-state index contributed by atoms with van der Waals surface area (Å²) >= 11 is 6.27. The van der Waals surface area contributed by atoms with Gasteiger partial charge >= 0.3 is 0 Å². The highest BCUT2D eigenvalue weighted by Crippen LogP contribution is 2.29. The van der Waals surface area contributed by atoms with Crippen molar-refractivity contribution in [3.63, 3.8) is 0 Å². The lowest BCUT2D eigenvalue weighted by Gasteiger charge is -2.22. The van der Waals surface area contributed by atoms with Gasteiger partial charge in [-0.15, -0.1) is 0 Å². The molecule has 1 heterocycles. The molecule has 0 aromatic heterocycles. The predicted molar refractivity (Wildman–Crippen MR) is 127 cm³/mol. The highest BCUT2D eigenvalue weighted by molar-refractivity contribution is 7.89. The second-order valence-electron chi connectivity index (χ2n) is 8.13. The molecule has 0 spiro atoms. The zero-order valence-electron chi connectivity index (χ0n) is 18.9. The molecule has 1 unspecified atom stereocenters. The molecule has 6 nitrogen and oxygen atoms in total. The number of ether oxygens (including phenoxy) is 1. The molecule has 32 heavy (non-hydrogen) atoms.